The molecule has 1 N–H and O–H groups in total. The first-order valence-electron chi connectivity index (χ1n) is 8.34. The zero-order chi connectivity index (χ0) is 19.4. The predicted molar refractivity (Wildman–Crippen MR) is 95.9 cm³/mol. The molecule has 8 heteroatoms. The third kappa shape index (κ3) is 3.74. The third-order valence-electron chi connectivity index (χ3n) is 4.20. The summed E-state index contributed by atoms with van der Waals surface area (Å²) >= 11 is 0. The minimum Gasteiger partial charge on any atom is -0.493 e. The smallest absolute Gasteiger partial charge is 0.280 e. The van der Waals surface area contributed by atoms with Crippen molar-refractivity contribution in [2.75, 3.05) is 27.3 Å². The van der Waals surface area contributed by atoms with Crippen molar-refractivity contribution in [2.24, 2.45) is 0 Å². The van der Waals surface area contributed by atoms with Gasteiger partial charge in [0.25, 0.3) is 11.8 Å². The second-order valence-electron chi connectivity index (χ2n) is 5.88. The highest BCUT2D eigenvalue weighted by Crippen LogP contribution is 2.27. The minimum atomic E-state index is -0.440. The number of hydrogen-bond acceptors (Lipinski definition) is 6. The molecule has 2 aromatic rings. The molecule has 1 aliphatic heterocycles. The van der Waals surface area contributed by atoms with Gasteiger partial charge in [-0.2, -0.15) is 0 Å². The topological polar surface area (TPSA) is 97.8 Å². The largest absolute Gasteiger partial charge is 0.493 e. The van der Waals surface area contributed by atoms with Crippen LogP contribution in [-0.4, -0.2) is 54.9 Å². The van der Waals surface area contributed by atoms with Gasteiger partial charge in [-0.25, -0.2) is 0 Å². The molecule has 0 atom stereocenters. The van der Waals surface area contributed by atoms with E-state index in [-0.39, 0.29) is 31.1 Å². The highest BCUT2D eigenvalue weighted by molar-refractivity contribution is 6.20. The molecule has 1 aromatic heterocycles. The van der Waals surface area contributed by atoms with Gasteiger partial charge in [-0.3, -0.25) is 24.3 Å². The maximum absolute atomic E-state index is 12.2. The average Bonchev–Trinajstić information content (AvgIpc) is 2.93. The Balaban J connectivity index is 1.53. The first-order valence-corrected chi connectivity index (χ1v) is 8.34. The molecule has 0 saturated carbocycles. The van der Waals surface area contributed by atoms with E-state index in [0.29, 0.717) is 17.1 Å². The van der Waals surface area contributed by atoms with Crippen molar-refractivity contribution in [3.8, 4) is 11.5 Å². The number of benzene rings is 1. The monoisotopic (exact) mass is 369 g/mol. The Bertz CT molecular complexity index is 862. The number of aromatic nitrogens is 1. The van der Waals surface area contributed by atoms with Gasteiger partial charge in [-0.15, -0.1) is 0 Å². The second-order valence-corrected chi connectivity index (χ2v) is 5.88. The Morgan fingerprint density at radius 2 is 1.89 bits per heavy atom. The molecule has 3 rings (SSSR count). The van der Waals surface area contributed by atoms with Gasteiger partial charge in [0.2, 0.25) is 5.91 Å². The standard InChI is InChI=1S/C19H19N3O5/c1-26-14-6-5-12(10-15(14)27-2)11-16(23)20-8-9-22-18(24)13-4-3-7-21-17(13)19(22)25/h3-7,10H,8-9,11H2,1-2H3,(H,20,23). The van der Waals surface area contributed by atoms with Gasteiger partial charge in [0.1, 0.15) is 5.69 Å². The van der Waals surface area contributed by atoms with Crippen molar-refractivity contribution < 1.29 is 23.9 Å². The number of rotatable bonds is 7. The van der Waals surface area contributed by atoms with Gasteiger partial charge < -0.3 is 14.8 Å². The number of methoxy groups -OCH3 is 2. The van der Waals surface area contributed by atoms with Crippen LogP contribution in [0.2, 0.25) is 0 Å². The first kappa shape index (κ1) is 18.4. The predicted octanol–water partition coefficient (Wildman–Crippen LogP) is 1.05. The summed E-state index contributed by atoms with van der Waals surface area (Å²) in [7, 11) is 3.07. The van der Waals surface area contributed by atoms with E-state index in [1.54, 1.807) is 37.4 Å². The lowest BCUT2D eigenvalue weighted by molar-refractivity contribution is -0.120. The maximum Gasteiger partial charge on any atom is 0.280 e. The zero-order valence-electron chi connectivity index (χ0n) is 15.0. The lowest BCUT2D eigenvalue weighted by Gasteiger charge is -2.14. The fraction of sp³-hybridized carbons (Fsp3) is 0.263. The van der Waals surface area contributed by atoms with E-state index >= 15 is 0 Å². The van der Waals surface area contributed by atoms with E-state index in [0.717, 1.165) is 10.5 Å². The van der Waals surface area contributed by atoms with Crippen molar-refractivity contribution in [3.05, 3.63) is 53.3 Å². The molecule has 0 aliphatic carbocycles. The zero-order valence-corrected chi connectivity index (χ0v) is 15.0. The van der Waals surface area contributed by atoms with Gasteiger partial charge in [0.05, 0.1) is 26.2 Å². The van der Waals surface area contributed by atoms with Gasteiger partial charge in [-0.1, -0.05) is 6.07 Å². The molecule has 0 saturated heterocycles. The molecule has 140 valence electrons. The van der Waals surface area contributed by atoms with Crippen LogP contribution in [-0.2, 0) is 11.2 Å². The molecular formula is C19H19N3O5. The molecule has 2 heterocycles. The van der Waals surface area contributed by atoms with E-state index in [2.05, 4.69) is 10.3 Å². The number of carbonyl (C=O) groups is 3. The molecule has 0 spiro atoms. The van der Waals surface area contributed by atoms with Gasteiger partial charge >= 0.3 is 0 Å². The van der Waals surface area contributed by atoms with E-state index in [9.17, 15) is 14.4 Å². The van der Waals surface area contributed by atoms with Crippen LogP contribution in [0.1, 0.15) is 26.4 Å². The van der Waals surface area contributed by atoms with E-state index in [1.807, 2.05) is 0 Å². The number of imide groups is 1. The first-order chi connectivity index (χ1) is 13.0. The van der Waals surface area contributed by atoms with Crippen LogP contribution in [0.3, 0.4) is 0 Å². The Hall–Kier alpha value is -3.42. The fourth-order valence-corrected chi connectivity index (χ4v) is 2.86. The molecule has 3 amide bonds. The number of fused-ring (bicyclic) bond motifs is 1. The number of nitrogens with one attached hydrogen (secondary N) is 1. The summed E-state index contributed by atoms with van der Waals surface area (Å²) in [5.41, 5.74) is 1.20. The summed E-state index contributed by atoms with van der Waals surface area (Å²) in [5.74, 6) is 0.0705. The highest BCUT2D eigenvalue weighted by Gasteiger charge is 2.36. The summed E-state index contributed by atoms with van der Waals surface area (Å²) in [6, 6.07) is 8.41. The van der Waals surface area contributed by atoms with Crippen LogP contribution in [0.15, 0.2) is 36.5 Å². The number of amides is 3. The molecule has 0 bridgehead atoms. The van der Waals surface area contributed by atoms with E-state index in [1.165, 1.54) is 13.3 Å². The van der Waals surface area contributed by atoms with Crippen LogP contribution < -0.4 is 14.8 Å². The summed E-state index contributed by atoms with van der Waals surface area (Å²) in [6.07, 6.45) is 1.61. The molecule has 0 unspecified atom stereocenters. The number of carbonyl (C=O) groups excluding carboxylic acids is 3. The van der Waals surface area contributed by atoms with Crippen molar-refractivity contribution >= 4 is 17.7 Å². The van der Waals surface area contributed by atoms with Crippen molar-refractivity contribution in [1.82, 2.24) is 15.2 Å². The second kappa shape index (κ2) is 7.86. The van der Waals surface area contributed by atoms with Gasteiger partial charge in [-0.05, 0) is 29.8 Å². The average molecular weight is 369 g/mol. The quantitative estimate of drug-likeness (QED) is 0.733. The molecule has 1 aromatic carbocycles. The van der Waals surface area contributed by atoms with Gasteiger partial charge in [0, 0.05) is 19.3 Å². The third-order valence-corrected chi connectivity index (χ3v) is 4.20. The maximum atomic E-state index is 12.2. The summed E-state index contributed by atoms with van der Waals surface area (Å²) < 4.78 is 10.4. The normalized spacial score (nSPS) is 12.7. The SMILES string of the molecule is COc1ccc(CC(=O)NCCN2C(=O)c3cccnc3C2=O)cc1OC. The molecule has 0 radical (unpaired) electrons. The van der Waals surface area contributed by atoms with Crippen LogP contribution >= 0.6 is 0 Å². The minimum absolute atomic E-state index is 0.0890. The number of pyridine rings is 1. The van der Waals surface area contributed by atoms with E-state index in [4.69, 9.17) is 9.47 Å². The van der Waals surface area contributed by atoms with Gasteiger partial charge in [0.15, 0.2) is 11.5 Å². The number of hydrogen-bond donors (Lipinski definition) is 1. The number of nitrogens with zero attached hydrogens (tertiary/aromatic N) is 2. The highest BCUT2D eigenvalue weighted by atomic mass is 16.5. The van der Waals surface area contributed by atoms with Crippen LogP contribution in [0.4, 0.5) is 0 Å². The lowest BCUT2D eigenvalue weighted by Crippen LogP contribution is -2.38. The van der Waals surface area contributed by atoms with Crippen LogP contribution in [0.5, 0.6) is 11.5 Å². The van der Waals surface area contributed by atoms with Crippen molar-refractivity contribution in [2.45, 2.75) is 6.42 Å². The molecule has 0 fully saturated rings. The Morgan fingerprint density at radius 3 is 2.59 bits per heavy atom. The Kier molecular flexibility index (Phi) is 5.35. The summed E-state index contributed by atoms with van der Waals surface area (Å²) in [6.45, 7) is 0.253. The molecular weight excluding hydrogens is 350 g/mol. The van der Waals surface area contributed by atoms with Crippen LogP contribution in [0, 0.1) is 0 Å². The molecule has 27 heavy (non-hydrogen) atoms. The molecule has 8 nitrogen and oxygen atoms in total. The Labute approximate surface area is 156 Å². The summed E-state index contributed by atoms with van der Waals surface area (Å²) in [4.78, 5) is 41.6. The number of ether oxygens (including phenoxy) is 2. The fourth-order valence-electron chi connectivity index (χ4n) is 2.86. The summed E-state index contributed by atoms with van der Waals surface area (Å²) in [5, 5.41) is 2.71. The molecule has 1 aliphatic rings. The van der Waals surface area contributed by atoms with Crippen molar-refractivity contribution in [3.63, 3.8) is 0 Å². The lowest BCUT2D eigenvalue weighted by atomic mass is 10.1. The Morgan fingerprint density at radius 1 is 1.11 bits per heavy atom. The van der Waals surface area contributed by atoms with Crippen molar-refractivity contribution in [1.29, 1.82) is 0 Å². The van der Waals surface area contributed by atoms with Crippen LogP contribution in [0.25, 0.3) is 0 Å². The van der Waals surface area contributed by atoms with E-state index < -0.39 is 11.8 Å².